The highest BCUT2D eigenvalue weighted by Crippen LogP contribution is 2.25. The number of nitrogens with zero attached hydrogens (tertiary/aromatic N) is 2. The van der Waals surface area contributed by atoms with E-state index in [0.29, 0.717) is 5.92 Å². The minimum atomic E-state index is 0.486. The molecule has 2 rings (SSSR count). The quantitative estimate of drug-likeness (QED) is 0.680. The van der Waals surface area contributed by atoms with E-state index in [1.54, 1.807) is 11.8 Å². The third kappa shape index (κ3) is 3.57. The van der Waals surface area contributed by atoms with Crippen LogP contribution in [0.3, 0.4) is 0 Å². The lowest BCUT2D eigenvalue weighted by Gasteiger charge is -2.12. The van der Waals surface area contributed by atoms with Gasteiger partial charge in [0, 0.05) is 17.0 Å². The van der Waals surface area contributed by atoms with E-state index >= 15 is 0 Å². The highest BCUT2D eigenvalue weighted by molar-refractivity contribution is 9.09. The standard InChI is InChI=1S/C12H14BrN3S/c1-9-14-12(16-15-9)17-8-11(7-13)10-5-3-2-4-6-10/h2-6,11H,7-8H2,1H3,(H,14,15,16). The van der Waals surface area contributed by atoms with E-state index in [-0.39, 0.29) is 0 Å². The predicted octanol–water partition coefficient (Wildman–Crippen LogP) is 3.38. The van der Waals surface area contributed by atoms with Crippen LogP contribution >= 0.6 is 27.7 Å². The number of rotatable bonds is 5. The van der Waals surface area contributed by atoms with Crippen LogP contribution in [-0.4, -0.2) is 26.3 Å². The van der Waals surface area contributed by atoms with Gasteiger partial charge in [-0.05, 0) is 12.5 Å². The lowest BCUT2D eigenvalue weighted by atomic mass is 10.0. The van der Waals surface area contributed by atoms with E-state index in [0.717, 1.165) is 22.1 Å². The molecule has 0 aliphatic carbocycles. The molecule has 1 aromatic carbocycles. The summed E-state index contributed by atoms with van der Waals surface area (Å²) in [5, 5.41) is 8.76. The van der Waals surface area contributed by atoms with Crippen molar-refractivity contribution in [2.75, 3.05) is 11.1 Å². The number of H-pyrrole nitrogens is 1. The zero-order chi connectivity index (χ0) is 12.1. The summed E-state index contributed by atoms with van der Waals surface area (Å²) in [6, 6.07) is 10.5. The van der Waals surface area contributed by atoms with E-state index in [9.17, 15) is 0 Å². The maximum atomic E-state index is 4.29. The van der Waals surface area contributed by atoms with Crippen molar-refractivity contribution in [3.05, 3.63) is 41.7 Å². The SMILES string of the molecule is Cc1nc(SCC(CBr)c2ccccc2)n[nH]1. The molecule has 0 aliphatic rings. The Morgan fingerprint density at radius 2 is 2.12 bits per heavy atom. The second-order valence-electron chi connectivity index (χ2n) is 3.78. The number of benzene rings is 1. The second kappa shape index (κ2) is 6.21. The normalized spacial score (nSPS) is 12.6. The topological polar surface area (TPSA) is 41.6 Å². The lowest BCUT2D eigenvalue weighted by molar-refractivity contribution is 0.892. The first-order valence-electron chi connectivity index (χ1n) is 5.42. The molecule has 90 valence electrons. The molecule has 1 unspecified atom stereocenters. The van der Waals surface area contributed by atoms with Crippen LogP contribution in [0.1, 0.15) is 17.3 Å². The first-order chi connectivity index (χ1) is 8.29. The number of aromatic nitrogens is 3. The van der Waals surface area contributed by atoms with Crippen LogP contribution in [0.2, 0.25) is 0 Å². The molecular weight excluding hydrogens is 298 g/mol. The number of aromatic amines is 1. The van der Waals surface area contributed by atoms with Crippen molar-refractivity contribution in [3.8, 4) is 0 Å². The van der Waals surface area contributed by atoms with E-state index in [1.165, 1.54) is 5.56 Å². The van der Waals surface area contributed by atoms with Crippen LogP contribution < -0.4 is 0 Å². The highest BCUT2D eigenvalue weighted by Gasteiger charge is 2.11. The van der Waals surface area contributed by atoms with Gasteiger partial charge in [-0.1, -0.05) is 58.0 Å². The fourth-order valence-electron chi connectivity index (χ4n) is 1.52. The van der Waals surface area contributed by atoms with Gasteiger partial charge in [-0.25, -0.2) is 4.98 Å². The van der Waals surface area contributed by atoms with Gasteiger partial charge in [0.1, 0.15) is 5.82 Å². The molecule has 1 N–H and O–H groups in total. The predicted molar refractivity (Wildman–Crippen MR) is 74.8 cm³/mol. The number of aryl methyl sites for hydroxylation is 1. The van der Waals surface area contributed by atoms with Crippen molar-refractivity contribution in [2.24, 2.45) is 0 Å². The summed E-state index contributed by atoms with van der Waals surface area (Å²) in [7, 11) is 0. The van der Waals surface area contributed by atoms with Crippen molar-refractivity contribution in [3.63, 3.8) is 0 Å². The molecule has 1 heterocycles. The Kier molecular flexibility index (Phi) is 4.62. The van der Waals surface area contributed by atoms with Crippen LogP contribution in [-0.2, 0) is 0 Å². The van der Waals surface area contributed by atoms with Gasteiger partial charge in [-0.15, -0.1) is 5.10 Å². The molecule has 2 aromatic rings. The minimum Gasteiger partial charge on any atom is -0.262 e. The first kappa shape index (κ1) is 12.6. The molecule has 0 aliphatic heterocycles. The number of halogens is 1. The maximum absolute atomic E-state index is 4.29. The number of thioether (sulfide) groups is 1. The third-order valence-corrected chi connectivity index (χ3v) is 4.24. The van der Waals surface area contributed by atoms with Crippen LogP contribution in [0, 0.1) is 6.92 Å². The molecule has 0 fully saturated rings. The Balaban J connectivity index is 1.97. The van der Waals surface area contributed by atoms with Gasteiger partial charge in [-0.3, -0.25) is 5.10 Å². The number of hydrogen-bond donors (Lipinski definition) is 1. The molecule has 0 bridgehead atoms. The van der Waals surface area contributed by atoms with Crippen molar-refractivity contribution >= 4 is 27.7 Å². The second-order valence-corrected chi connectivity index (χ2v) is 5.41. The molecule has 0 saturated heterocycles. The first-order valence-corrected chi connectivity index (χ1v) is 7.53. The van der Waals surface area contributed by atoms with E-state index in [1.807, 2.05) is 13.0 Å². The maximum Gasteiger partial charge on any atom is 0.208 e. The molecule has 3 nitrogen and oxygen atoms in total. The summed E-state index contributed by atoms with van der Waals surface area (Å²) in [4.78, 5) is 4.29. The third-order valence-electron chi connectivity index (χ3n) is 2.45. The van der Waals surface area contributed by atoms with Crippen LogP contribution in [0.4, 0.5) is 0 Å². The summed E-state index contributed by atoms with van der Waals surface area (Å²) in [5.41, 5.74) is 1.35. The summed E-state index contributed by atoms with van der Waals surface area (Å²) >= 11 is 5.25. The fourth-order valence-corrected chi connectivity index (χ4v) is 3.39. The van der Waals surface area contributed by atoms with Gasteiger partial charge in [-0.2, -0.15) is 0 Å². The molecule has 0 spiro atoms. The Hall–Kier alpha value is -0.810. The largest absolute Gasteiger partial charge is 0.262 e. The van der Waals surface area contributed by atoms with Gasteiger partial charge >= 0.3 is 0 Å². The number of hydrogen-bond acceptors (Lipinski definition) is 3. The summed E-state index contributed by atoms with van der Waals surface area (Å²) < 4.78 is 0. The zero-order valence-corrected chi connectivity index (χ0v) is 12.0. The van der Waals surface area contributed by atoms with Gasteiger partial charge in [0.2, 0.25) is 5.16 Å². The van der Waals surface area contributed by atoms with E-state index in [4.69, 9.17) is 0 Å². The van der Waals surface area contributed by atoms with Crippen molar-refractivity contribution in [1.29, 1.82) is 0 Å². The molecular formula is C12H14BrN3S. The Morgan fingerprint density at radius 1 is 1.35 bits per heavy atom. The summed E-state index contributed by atoms with van der Waals surface area (Å²) in [5.74, 6) is 2.33. The van der Waals surface area contributed by atoms with Crippen LogP contribution in [0.15, 0.2) is 35.5 Å². The van der Waals surface area contributed by atoms with Crippen molar-refractivity contribution in [1.82, 2.24) is 15.2 Å². The zero-order valence-electron chi connectivity index (χ0n) is 9.56. The van der Waals surface area contributed by atoms with Gasteiger partial charge in [0.05, 0.1) is 0 Å². The van der Waals surface area contributed by atoms with Crippen LogP contribution in [0.25, 0.3) is 0 Å². The van der Waals surface area contributed by atoms with Crippen molar-refractivity contribution in [2.45, 2.75) is 18.0 Å². The summed E-state index contributed by atoms with van der Waals surface area (Å²) in [6.45, 7) is 1.91. The van der Waals surface area contributed by atoms with Crippen LogP contribution in [0.5, 0.6) is 0 Å². The van der Waals surface area contributed by atoms with E-state index < -0.39 is 0 Å². The van der Waals surface area contributed by atoms with Gasteiger partial charge in [0.15, 0.2) is 0 Å². The average Bonchev–Trinajstić information content (AvgIpc) is 2.77. The summed E-state index contributed by atoms with van der Waals surface area (Å²) in [6.07, 6.45) is 0. The minimum absolute atomic E-state index is 0.486. The number of nitrogens with one attached hydrogen (secondary N) is 1. The highest BCUT2D eigenvalue weighted by atomic mass is 79.9. The molecule has 1 aromatic heterocycles. The molecule has 17 heavy (non-hydrogen) atoms. The van der Waals surface area contributed by atoms with Gasteiger partial charge < -0.3 is 0 Å². The molecule has 0 radical (unpaired) electrons. The van der Waals surface area contributed by atoms with Crippen molar-refractivity contribution < 1.29 is 0 Å². The molecule has 1 atom stereocenters. The number of alkyl halides is 1. The smallest absolute Gasteiger partial charge is 0.208 e. The Bertz CT molecular complexity index is 458. The monoisotopic (exact) mass is 311 g/mol. The van der Waals surface area contributed by atoms with Gasteiger partial charge in [0.25, 0.3) is 0 Å². The molecule has 0 amide bonds. The Labute approximate surface area is 114 Å². The molecule has 0 saturated carbocycles. The molecule has 5 heteroatoms. The lowest BCUT2D eigenvalue weighted by Crippen LogP contribution is -2.03. The van der Waals surface area contributed by atoms with E-state index in [2.05, 4.69) is 55.4 Å². The fraction of sp³-hybridized carbons (Fsp3) is 0.333. The Morgan fingerprint density at radius 3 is 2.71 bits per heavy atom. The average molecular weight is 312 g/mol.